The first-order valence-electron chi connectivity index (χ1n) is 7.60. The lowest BCUT2D eigenvalue weighted by Gasteiger charge is -2.33. The Morgan fingerprint density at radius 2 is 1.81 bits per heavy atom. The van der Waals surface area contributed by atoms with Crippen LogP contribution in [0, 0.1) is 19.3 Å². The van der Waals surface area contributed by atoms with E-state index in [-0.39, 0.29) is 10.3 Å². The van der Waals surface area contributed by atoms with Crippen molar-refractivity contribution in [3.05, 3.63) is 23.3 Å². The van der Waals surface area contributed by atoms with Gasteiger partial charge in [0.05, 0.1) is 4.90 Å². The molecule has 3 N–H and O–H groups in total. The van der Waals surface area contributed by atoms with Gasteiger partial charge in [0.1, 0.15) is 0 Å². The average molecular weight is 310 g/mol. The van der Waals surface area contributed by atoms with Crippen molar-refractivity contribution < 1.29 is 8.42 Å². The highest BCUT2D eigenvalue weighted by molar-refractivity contribution is 7.89. The number of benzene rings is 1. The number of sulfonamides is 1. The van der Waals surface area contributed by atoms with E-state index in [4.69, 9.17) is 5.73 Å². The van der Waals surface area contributed by atoms with Crippen molar-refractivity contribution in [3.8, 4) is 0 Å². The molecule has 0 aliphatic heterocycles. The molecule has 0 saturated heterocycles. The fraction of sp³-hybridized carbons (Fsp3) is 0.625. The second-order valence-corrected chi connectivity index (χ2v) is 8.42. The topological polar surface area (TPSA) is 72.2 Å². The summed E-state index contributed by atoms with van der Waals surface area (Å²) in [5.41, 5.74) is 8.34. The fourth-order valence-corrected chi connectivity index (χ4v) is 4.26. The number of anilines is 1. The molecule has 1 aromatic rings. The van der Waals surface area contributed by atoms with Crippen molar-refractivity contribution in [2.24, 2.45) is 5.41 Å². The van der Waals surface area contributed by atoms with Crippen LogP contribution in [0.1, 0.15) is 50.2 Å². The third-order valence-electron chi connectivity index (χ3n) is 4.74. The maximum Gasteiger partial charge on any atom is 0.240 e. The summed E-state index contributed by atoms with van der Waals surface area (Å²) >= 11 is 0. The zero-order valence-electron chi connectivity index (χ0n) is 13.2. The first-order chi connectivity index (χ1) is 9.73. The molecular formula is C16H26N2O2S. The van der Waals surface area contributed by atoms with Crippen molar-refractivity contribution in [2.75, 3.05) is 12.3 Å². The molecule has 1 aliphatic carbocycles. The quantitative estimate of drug-likeness (QED) is 0.839. The van der Waals surface area contributed by atoms with Crippen molar-refractivity contribution in [1.82, 2.24) is 4.72 Å². The predicted molar refractivity (Wildman–Crippen MR) is 86.7 cm³/mol. The molecule has 0 aromatic heterocycles. The third-order valence-corrected chi connectivity index (χ3v) is 6.12. The van der Waals surface area contributed by atoms with Gasteiger partial charge in [-0.15, -0.1) is 0 Å². The van der Waals surface area contributed by atoms with Gasteiger partial charge in [-0.05, 0) is 55.4 Å². The van der Waals surface area contributed by atoms with Gasteiger partial charge in [0.25, 0.3) is 0 Å². The molecule has 21 heavy (non-hydrogen) atoms. The van der Waals surface area contributed by atoms with Crippen molar-refractivity contribution in [1.29, 1.82) is 0 Å². The fourth-order valence-electron chi connectivity index (χ4n) is 2.94. The minimum Gasteiger partial charge on any atom is -0.398 e. The van der Waals surface area contributed by atoms with Crippen LogP contribution < -0.4 is 10.5 Å². The number of nitrogen functional groups attached to an aromatic ring is 1. The molecule has 0 atom stereocenters. The number of nitrogens with two attached hydrogens (primary N) is 1. The van der Waals surface area contributed by atoms with E-state index in [2.05, 4.69) is 11.6 Å². The van der Waals surface area contributed by atoms with E-state index < -0.39 is 10.0 Å². The number of rotatable bonds is 4. The summed E-state index contributed by atoms with van der Waals surface area (Å²) in [5, 5.41) is 0. The molecule has 2 rings (SSSR count). The Kier molecular flexibility index (Phi) is 4.63. The lowest BCUT2D eigenvalue weighted by atomic mass is 9.76. The van der Waals surface area contributed by atoms with Crippen molar-refractivity contribution >= 4 is 15.7 Å². The zero-order valence-corrected chi connectivity index (χ0v) is 14.0. The first-order valence-corrected chi connectivity index (χ1v) is 9.08. The van der Waals surface area contributed by atoms with Crippen molar-refractivity contribution in [3.63, 3.8) is 0 Å². The Hall–Kier alpha value is -1.07. The molecule has 0 amide bonds. The van der Waals surface area contributed by atoms with Gasteiger partial charge < -0.3 is 5.73 Å². The highest BCUT2D eigenvalue weighted by Gasteiger charge is 2.29. The van der Waals surface area contributed by atoms with Crippen LogP contribution in [0.4, 0.5) is 5.69 Å². The first kappa shape index (κ1) is 16.3. The molecule has 4 nitrogen and oxygen atoms in total. The van der Waals surface area contributed by atoms with E-state index in [1.165, 1.54) is 19.3 Å². The minimum atomic E-state index is -3.49. The van der Waals surface area contributed by atoms with Gasteiger partial charge in [0.15, 0.2) is 0 Å². The summed E-state index contributed by atoms with van der Waals surface area (Å²) in [4.78, 5) is 0.266. The minimum absolute atomic E-state index is 0.0800. The summed E-state index contributed by atoms with van der Waals surface area (Å²) in [7, 11) is -3.49. The largest absolute Gasteiger partial charge is 0.398 e. The lowest BCUT2D eigenvalue weighted by molar-refractivity contribution is 0.219. The van der Waals surface area contributed by atoms with Crippen LogP contribution in [-0.2, 0) is 10.0 Å². The van der Waals surface area contributed by atoms with Crippen LogP contribution in [0.25, 0.3) is 0 Å². The maximum absolute atomic E-state index is 12.5. The smallest absolute Gasteiger partial charge is 0.240 e. The van der Waals surface area contributed by atoms with Crippen molar-refractivity contribution in [2.45, 2.75) is 57.8 Å². The summed E-state index contributed by atoms with van der Waals surface area (Å²) in [6, 6.07) is 3.24. The molecule has 1 fully saturated rings. The van der Waals surface area contributed by atoms with Gasteiger partial charge in [-0.1, -0.05) is 26.2 Å². The number of hydrogen-bond donors (Lipinski definition) is 2. The predicted octanol–water partition coefficient (Wildman–Crippen LogP) is 3.13. The van der Waals surface area contributed by atoms with Crippen LogP contribution in [-0.4, -0.2) is 15.0 Å². The summed E-state index contributed by atoms with van der Waals surface area (Å²) in [5.74, 6) is 0. The molecule has 0 bridgehead atoms. The van der Waals surface area contributed by atoms with E-state index in [0.29, 0.717) is 12.2 Å². The highest BCUT2D eigenvalue weighted by atomic mass is 32.2. The van der Waals surface area contributed by atoms with Crippen LogP contribution in [0.3, 0.4) is 0 Å². The monoisotopic (exact) mass is 310 g/mol. The van der Waals surface area contributed by atoms with Gasteiger partial charge in [0.2, 0.25) is 10.0 Å². The molecule has 0 spiro atoms. The lowest BCUT2D eigenvalue weighted by Crippen LogP contribution is -2.37. The van der Waals surface area contributed by atoms with Crippen LogP contribution in [0.5, 0.6) is 0 Å². The Morgan fingerprint density at radius 3 is 2.38 bits per heavy atom. The van der Waals surface area contributed by atoms with Crippen LogP contribution in [0.2, 0.25) is 0 Å². The molecular weight excluding hydrogens is 284 g/mol. The Labute approximate surface area is 128 Å². The number of hydrogen-bond acceptors (Lipinski definition) is 3. The highest BCUT2D eigenvalue weighted by Crippen LogP contribution is 2.35. The molecule has 1 aromatic carbocycles. The van der Waals surface area contributed by atoms with Gasteiger partial charge in [-0.25, -0.2) is 13.1 Å². The molecule has 5 heteroatoms. The summed E-state index contributed by atoms with van der Waals surface area (Å²) in [6.45, 7) is 6.45. The van der Waals surface area contributed by atoms with E-state index in [1.54, 1.807) is 12.1 Å². The van der Waals surface area contributed by atoms with Gasteiger partial charge in [-0.3, -0.25) is 0 Å². The number of aryl methyl sites for hydroxylation is 1. The number of nitrogens with one attached hydrogen (secondary N) is 1. The Morgan fingerprint density at radius 1 is 1.19 bits per heavy atom. The molecule has 0 heterocycles. The van der Waals surface area contributed by atoms with Gasteiger partial charge in [-0.2, -0.15) is 0 Å². The standard InChI is InChI=1S/C16H26N2O2S/c1-12-9-14(10-15(17)13(12)2)21(19,20)18-11-16(3)7-5-4-6-8-16/h9-10,18H,4-8,11,17H2,1-3H3. The Balaban J connectivity index is 2.15. The van der Waals surface area contributed by atoms with E-state index in [1.807, 2.05) is 13.8 Å². The second-order valence-electron chi connectivity index (χ2n) is 6.65. The van der Waals surface area contributed by atoms with Crippen LogP contribution >= 0.6 is 0 Å². The molecule has 0 radical (unpaired) electrons. The molecule has 118 valence electrons. The van der Waals surface area contributed by atoms with Gasteiger partial charge >= 0.3 is 0 Å². The van der Waals surface area contributed by atoms with Crippen LogP contribution in [0.15, 0.2) is 17.0 Å². The van der Waals surface area contributed by atoms with Gasteiger partial charge in [0, 0.05) is 12.2 Å². The maximum atomic E-state index is 12.5. The second kappa shape index (κ2) is 5.97. The molecule has 0 unspecified atom stereocenters. The summed E-state index contributed by atoms with van der Waals surface area (Å²) in [6.07, 6.45) is 5.81. The Bertz CT molecular complexity index is 594. The molecule has 1 aliphatic rings. The zero-order chi connectivity index (χ0) is 15.7. The normalized spacial score (nSPS) is 18.6. The van der Waals surface area contributed by atoms with E-state index in [9.17, 15) is 8.42 Å². The van der Waals surface area contributed by atoms with E-state index >= 15 is 0 Å². The molecule has 1 saturated carbocycles. The average Bonchev–Trinajstić information content (AvgIpc) is 2.43. The third kappa shape index (κ3) is 3.77. The SMILES string of the molecule is Cc1cc(S(=O)(=O)NCC2(C)CCCCC2)cc(N)c1C. The van der Waals surface area contributed by atoms with E-state index in [0.717, 1.165) is 24.0 Å². The summed E-state index contributed by atoms with van der Waals surface area (Å²) < 4.78 is 27.7.